The summed E-state index contributed by atoms with van der Waals surface area (Å²) in [5, 5.41) is 8.77. The van der Waals surface area contributed by atoms with Crippen LogP contribution >= 0.6 is 0 Å². The van der Waals surface area contributed by atoms with Crippen molar-refractivity contribution in [3.8, 4) is 0 Å². The van der Waals surface area contributed by atoms with E-state index in [1.807, 2.05) is 0 Å². The third kappa shape index (κ3) is 2.82. The van der Waals surface area contributed by atoms with E-state index in [-0.39, 0.29) is 18.1 Å². The molecular formula is C11H18O3. The first-order chi connectivity index (χ1) is 6.65. The van der Waals surface area contributed by atoms with Crippen LogP contribution in [0.5, 0.6) is 0 Å². The summed E-state index contributed by atoms with van der Waals surface area (Å²) in [6.45, 7) is 2.12. The van der Waals surface area contributed by atoms with E-state index >= 15 is 0 Å². The minimum atomic E-state index is -0.809. The van der Waals surface area contributed by atoms with Gasteiger partial charge in [-0.25, -0.2) is 0 Å². The van der Waals surface area contributed by atoms with Crippen LogP contribution in [0.1, 0.15) is 45.4 Å². The first-order valence-corrected chi connectivity index (χ1v) is 5.40. The molecule has 0 radical (unpaired) electrons. The van der Waals surface area contributed by atoms with Gasteiger partial charge in [0, 0.05) is 12.3 Å². The van der Waals surface area contributed by atoms with Crippen LogP contribution in [0.4, 0.5) is 0 Å². The van der Waals surface area contributed by atoms with E-state index in [0.717, 1.165) is 25.7 Å². The van der Waals surface area contributed by atoms with Gasteiger partial charge in [0.2, 0.25) is 0 Å². The summed E-state index contributed by atoms with van der Waals surface area (Å²) in [5.74, 6) is -1.03. The van der Waals surface area contributed by atoms with Gasteiger partial charge in [0.25, 0.3) is 0 Å². The van der Waals surface area contributed by atoms with Crippen molar-refractivity contribution < 1.29 is 14.7 Å². The Hall–Kier alpha value is -0.860. The molecule has 0 amide bonds. The fourth-order valence-electron chi connectivity index (χ4n) is 2.08. The minimum absolute atomic E-state index is 0.0302. The van der Waals surface area contributed by atoms with E-state index in [0.29, 0.717) is 6.42 Å². The van der Waals surface area contributed by atoms with Gasteiger partial charge in [-0.3, -0.25) is 9.59 Å². The molecule has 3 heteroatoms. The predicted octanol–water partition coefficient (Wildman–Crippen LogP) is 2.25. The number of unbranched alkanes of at least 4 members (excludes halogenated alkanes) is 2. The van der Waals surface area contributed by atoms with Crippen LogP contribution in [0, 0.1) is 11.8 Å². The van der Waals surface area contributed by atoms with Crippen molar-refractivity contribution in [2.45, 2.75) is 45.4 Å². The number of carbonyl (C=O) groups excluding carboxylic acids is 1. The van der Waals surface area contributed by atoms with Gasteiger partial charge in [0.1, 0.15) is 5.78 Å². The Morgan fingerprint density at radius 1 is 1.50 bits per heavy atom. The molecule has 3 nitrogen and oxygen atoms in total. The summed E-state index contributed by atoms with van der Waals surface area (Å²) in [4.78, 5) is 22.1. The molecule has 0 spiro atoms. The Kier molecular flexibility index (Phi) is 4.11. The van der Waals surface area contributed by atoms with E-state index < -0.39 is 11.9 Å². The molecule has 14 heavy (non-hydrogen) atoms. The average Bonchev–Trinajstić information content (AvgIpc) is 2.49. The van der Waals surface area contributed by atoms with Crippen molar-refractivity contribution in [2.24, 2.45) is 11.8 Å². The van der Waals surface area contributed by atoms with Crippen LogP contribution in [0.3, 0.4) is 0 Å². The maximum Gasteiger partial charge on any atom is 0.306 e. The highest BCUT2D eigenvalue weighted by Gasteiger charge is 2.35. The van der Waals surface area contributed by atoms with E-state index in [1.165, 1.54) is 0 Å². The quantitative estimate of drug-likeness (QED) is 0.689. The summed E-state index contributed by atoms with van der Waals surface area (Å²) in [6.07, 6.45) is 5.05. The monoisotopic (exact) mass is 198 g/mol. The maximum absolute atomic E-state index is 11.4. The lowest BCUT2D eigenvalue weighted by molar-refractivity contribution is -0.142. The van der Waals surface area contributed by atoms with E-state index in [1.54, 1.807) is 0 Å². The Morgan fingerprint density at radius 2 is 2.21 bits per heavy atom. The van der Waals surface area contributed by atoms with Crippen LogP contribution in [0.15, 0.2) is 0 Å². The van der Waals surface area contributed by atoms with E-state index in [2.05, 4.69) is 6.92 Å². The Morgan fingerprint density at radius 3 is 2.71 bits per heavy atom. The zero-order valence-electron chi connectivity index (χ0n) is 8.66. The third-order valence-electron chi connectivity index (χ3n) is 2.98. The zero-order chi connectivity index (χ0) is 10.6. The first kappa shape index (κ1) is 11.2. The van der Waals surface area contributed by atoms with Crippen molar-refractivity contribution in [3.05, 3.63) is 0 Å². The fourth-order valence-corrected chi connectivity index (χ4v) is 2.08. The third-order valence-corrected chi connectivity index (χ3v) is 2.98. The lowest BCUT2D eigenvalue weighted by atomic mass is 9.98. The van der Waals surface area contributed by atoms with Crippen LogP contribution in [-0.2, 0) is 9.59 Å². The normalized spacial score (nSPS) is 26.8. The smallest absolute Gasteiger partial charge is 0.306 e. The maximum atomic E-state index is 11.4. The summed E-state index contributed by atoms with van der Waals surface area (Å²) < 4.78 is 0. The van der Waals surface area contributed by atoms with Gasteiger partial charge >= 0.3 is 5.97 Å². The van der Waals surface area contributed by atoms with Gasteiger partial charge in [0.15, 0.2) is 0 Å². The van der Waals surface area contributed by atoms with Gasteiger partial charge in [-0.1, -0.05) is 26.2 Å². The van der Waals surface area contributed by atoms with Crippen LogP contribution < -0.4 is 0 Å². The van der Waals surface area contributed by atoms with E-state index in [4.69, 9.17) is 5.11 Å². The van der Waals surface area contributed by atoms with Crippen molar-refractivity contribution in [1.29, 1.82) is 0 Å². The molecule has 2 unspecified atom stereocenters. The van der Waals surface area contributed by atoms with Crippen LogP contribution in [0.25, 0.3) is 0 Å². The lowest BCUT2D eigenvalue weighted by Gasteiger charge is -2.06. The molecule has 2 atom stereocenters. The molecule has 1 N–H and O–H groups in total. The molecule has 0 aromatic carbocycles. The summed E-state index contributed by atoms with van der Waals surface area (Å²) in [5.41, 5.74) is 0. The highest BCUT2D eigenvalue weighted by atomic mass is 16.4. The number of hydrogen-bond donors (Lipinski definition) is 1. The second-order valence-corrected chi connectivity index (χ2v) is 4.13. The SMILES string of the molecule is CCCCCC1CC(C(=O)O)CC1=O. The van der Waals surface area contributed by atoms with Crippen molar-refractivity contribution in [2.75, 3.05) is 0 Å². The summed E-state index contributed by atoms with van der Waals surface area (Å²) in [7, 11) is 0. The van der Waals surface area contributed by atoms with Crippen molar-refractivity contribution >= 4 is 11.8 Å². The van der Waals surface area contributed by atoms with Gasteiger partial charge in [-0.15, -0.1) is 0 Å². The number of carboxylic acid groups (broad SMARTS) is 1. The second-order valence-electron chi connectivity index (χ2n) is 4.13. The largest absolute Gasteiger partial charge is 0.481 e. The summed E-state index contributed by atoms with van der Waals surface area (Å²) in [6, 6.07) is 0. The Balaban J connectivity index is 2.33. The topological polar surface area (TPSA) is 54.4 Å². The number of hydrogen-bond acceptors (Lipinski definition) is 2. The number of carbonyl (C=O) groups is 2. The number of aliphatic carboxylic acids is 1. The highest BCUT2D eigenvalue weighted by molar-refractivity contribution is 5.89. The number of rotatable bonds is 5. The number of Topliss-reactive ketones (excluding diaryl/α,β-unsaturated/α-hetero) is 1. The fraction of sp³-hybridized carbons (Fsp3) is 0.818. The Bertz CT molecular complexity index is 223. The lowest BCUT2D eigenvalue weighted by Crippen LogP contribution is -2.09. The molecule has 1 aliphatic carbocycles. The molecule has 0 saturated heterocycles. The molecule has 1 rings (SSSR count). The number of carboxylic acids is 1. The number of ketones is 1. The van der Waals surface area contributed by atoms with Gasteiger partial charge in [-0.2, -0.15) is 0 Å². The molecule has 0 aliphatic heterocycles. The molecule has 0 heterocycles. The molecule has 0 bridgehead atoms. The minimum Gasteiger partial charge on any atom is -0.481 e. The van der Waals surface area contributed by atoms with Gasteiger partial charge in [0.05, 0.1) is 5.92 Å². The van der Waals surface area contributed by atoms with Gasteiger partial charge in [-0.05, 0) is 12.8 Å². The van der Waals surface area contributed by atoms with Crippen LogP contribution in [-0.4, -0.2) is 16.9 Å². The van der Waals surface area contributed by atoms with E-state index in [9.17, 15) is 9.59 Å². The predicted molar refractivity (Wildman–Crippen MR) is 53.0 cm³/mol. The highest BCUT2D eigenvalue weighted by Crippen LogP contribution is 2.31. The first-order valence-electron chi connectivity index (χ1n) is 5.40. The summed E-state index contributed by atoms with van der Waals surface area (Å²) >= 11 is 0. The molecule has 1 saturated carbocycles. The molecule has 0 aromatic rings. The standard InChI is InChI=1S/C11H18O3/c1-2-3-4-5-8-6-9(11(13)14)7-10(8)12/h8-9H,2-7H2,1H3,(H,13,14). The molecule has 1 fully saturated rings. The van der Waals surface area contributed by atoms with Crippen LogP contribution in [0.2, 0.25) is 0 Å². The average molecular weight is 198 g/mol. The zero-order valence-corrected chi connectivity index (χ0v) is 8.66. The molecule has 1 aliphatic rings. The molecule has 80 valence electrons. The second kappa shape index (κ2) is 5.13. The van der Waals surface area contributed by atoms with Crippen molar-refractivity contribution in [3.63, 3.8) is 0 Å². The molecule has 0 aromatic heterocycles. The van der Waals surface area contributed by atoms with Crippen molar-refractivity contribution in [1.82, 2.24) is 0 Å². The van der Waals surface area contributed by atoms with Gasteiger partial charge < -0.3 is 5.11 Å². The molecular weight excluding hydrogens is 180 g/mol. The Labute approximate surface area is 84.5 Å².